The number of rotatable bonds is 23. The Labute approximate surface area is 265 Å². The van der Waals surface area contributed by atoms with Crippen molar-refractivity contribution in [3.05, 3.63) is 83.4 Å². The SMILES string of the molecule is CCCCCCCCOc1ccc(COc2ccc(C(=O)OC)cc2OCc2ccc(OCCCCCCCC)cc2)cc1. The van der Waals surface area contributed by atoms with Crippen LogP contribution >= 0.6 is 0 Å². The Balaban J connectivity index is 1.49. The van der Waals surface area contributed by atoms with E-state index in [9.17, 15) is 4.79 Å². The van der Waals surface area contributed by atoms with Crippen molar-refractivity contribution in [2.24, 2.45) is 0 Å². The van der Waals surface area contributed by atoms with E-state index >= 15 is 0 Å². The summed E-state index contributed by atoms with van der Waals surface area (Å²) in [4.78, 5) is 12.2. The lowest BCUT2D eigenvalue weighted by Crippen LogP contribution is -2.05. The molecule has 6 nitrogen and oxygen atoms in total. The van der Waals surface area contributed by atoms with E-state index in [0.717, 1.165) is 48.7 Å². The highest BCUT2D eigenvalue weighted by Gasteiger charge is 2.13. The molecule has 0 amide bonds. The third-order valence-electron chi connectivity index (χ3n) is 7.53. The van der Waals surface area contributed by atoms with Gasteiger partial charge in [-0.05, 0) is 66.4 Å². The lowest BCUT2D eigenvalue weighted by Gasteiger charge is -2.15. The number of benzene rings is 3. The van der Waals surface area contributed by atoms with E-state index in [1.807, 2.05) is 48.5 Å². The van der Waals surface area contributed by atoms with E-state index in [0.29, 0.717) is 30.3 Å². The maximum atomic E-state index is 12.2. The summed E-state index contributed by atoms with van der Waals surface area (Å²) in [6.07, 6.45) is 14.9. The highest BCUT2D eigenvalue weighted by molar-refractivity contribution is 5.90. The zero-order valence-corrected chi connectivity index (χ0v) is 27.1. The standard InChI is InChI=1S/C38H52O6/c1-4-6-8-10-12-14-26-41-34-21-16-31(17-22-34)29-43-36-25-20-33(38(39)40-3)28-37(36)44-30-32-18-23-35(24-19-32)42-27-15-13-11-9-7-5-2/h16-25,28H,4-15,26-27,29-30H2,1-3H3. The normalized spacial score (nSPS) is 10.8. The van der Waals surface area contributed by atoms with E-state index in [-0.39, 0.29) is 0 Å². The Morgan fingerprint density at radius 1 is 0.523 bits per heavy atom. The molecule has 0 bridgehead atoms. The van der Waals surface area contributed by atoms with E-state index < -0.39 is 5.97 Å². The van der Waals surface area contributed by atoms with Crippen molar-refractivity contribution in [3.8, 4) is 23.0 Å². The molecular formula is C38H52O6. The number of unbranched alkanes of at least 4 members (excludes halogenated alkanes) is 10. The van der Waals surface area contributed by atoms with Gasteiger partial charge in [-0.3, -0.25) is 0 Å². The van der Waals surface area contributed by atoms with E-state index in [1.54, 1.807) is 18.2 Å². The van der Waals surface area contributed by atoms with E-state index in [2.05, 4.69) is 13.8 Å². The van der Waals surface area contributed by atoms with Crippen molar-refractivity contribution in [2.75, 3.05) is 20.3 Å². The van der Waals surface area contributed by atoms with E-state index in [1.165, 1.54) is 71.3 Å². The molecule has 6 heteroatoms. The quantitative estimate of drug-likeness (QED) is 0.0793. The Bertz CT molecular complexity index is 1190. The number of esters is 1. The molecule has 0 aliphatic heterocycles. The fraction of sp³-hybridized carbons (Fsp3) is 0.500. The van der Waals surface area contributed by atoms with Crippen LogP contribution in [0.3, 0.4) is 0 Å². The van der Waals surface area contributed by atoms with Crippen LogP contribution in [-0.2, 0) is 18.0 Å². The average Bonchev–Trinajstić information content (AvgIpc) is 3.06. The molecule has 0 radical (unpaired) electrons. The highest BCUT2D eigenvalue weighted by atomic mass is 16.5. The van der Waals surface area contributed by atoms with Crippen molar-refractivity contribution < 1.29 is 28.5 Å². The number of carbonyl (C=O) groups is 1. The number of hydrogen-bond donors (Lipinski definition) is 0. The third kappa shape index (κ3) is 13.3. The summed E-state index contributed by atoms with van der Waals surface area (Å²) in [6, 6.07) is 21.0. The van der Waals surface area contributed by atoms with Gasteiger partial charge in [0.05, 0.1) is 25.9 Å². The molecule has 0 saturated heterocycles. The van der Waals surface area contributed by atoms with Crippen LogP contribution in [0.25, 0.3) is 0 Å². The zero-order valence-electron chi connectivity index (χ0n) is 27.1. The van der Waals surface area contributed by atoms with Gasteiger partial charge in [-0.2, -0.15) is 0 Å². The van der Waals surface area contributed by atoms with Gasteiger partial charge < -0.3 is 23.7 Å². The summed E-state index contributed by atoms with van der Waals surface area (Å²) >= 11 is 0. The van der Waals surface area contributed by atoms with Gasteiger partial charge in [-0.15, -0.1) is 0 Å². The second-order valence-corrected chi connectivity index (χ2v) is 11.3. The van der Waals surface area contributed by atoms with Crippen LogP contribution in [0.5, 0.6) is 23.0 Å². The molecule has 0 N–H and O–H groups in total. The molecular weight excluding hydrogens is 552 g/mol. The van der Waals surface area contributed by atoms with Gasteiger partial charge in [0.25, 0.3) is 0 Å². The van der Waals surface area contributed by atoms with Gasteiger partial charge >= 0.3 is 5.97 Å². The minimum absolute atomic E-state index is 0.323. The van der Waals surface area contributed by atoms with Crippen molar-refractivity contribution >= 4 is 5.97 Å². The highest BCUT2D eigenvalue weighted by Crippen LogP contribution is 2.31. The van der Waals surface area contributed by atoms with Crippen molar-refractivity contribution in [1.29, 1.82) is 0 Å². The Kier molecular flexibility index (Phi) is 16.7. The minimum Gasteiger partial charge on any atom is -0.494 e. The molecule has 3 rings (SSSR count). The van der Waals surface area contributed by atoms with Gasteiger partial charge in [0.1, 0.15) is 24.7 Å². The molecule has 0 heterocycles. The lowest BCUT2D eigenvalue weighted by molar-refractivity contribution is 0.0600. The molecule has 240 valence electrons. The summed E-state index contributed by atoms with van der Waals surface area (Å²) in [5, 5.41) is 0. The van der Waals surface area contributed by atoms with Crippen LogP contribution in [0.15, 0.2) is 66.7 Å². The van der Waals surface area contributed by atoms with Crippen molar-refractivity contribution in [2.45, 2.75) is 104 Å². The Morgan fingerprint density at radius 2 is 0.977 bits per heavy atom. The first-order chi connectivity index (χ1) is 21.6. The van der Waals surface area contributed by atoms with E-state index in [4.69, 9.17) is 23.7 Å². The fourth-order valence-corrected chi connectivity index (χ4v) is 4.82. The number of methoxy groups -OCH3 is 1. The number of carbonyl (C=O) groups excluding carboxylic acids is 1. The topological polar surface area (TPSA) is 63.2 Å². The minimum atomic E-state index is -0.426. The molecule has 0 spiro atoms. The molecule has 0 saturated carbocycles. The van der Waals surface area contributed by atoms with Crippen LogP contribution in [0.2, 0.25) is 0 Å². The molecule has 44 heavy (non-hydrogen) atoms. The maximum Gasteiger partial charge on any atom is 0.337 e. The Hall–Kier alpha value is -3.67. The first-order valence-corrected chi connectivity index (χ1v) is 16.5. The number of hydrogen-bond acceptors (Lipinski definition) is 6. The van der Waals surface area contributed by atoms with Gasteiger partial charge in [0.2, 0.25) is 0 Å². The molecule has 0 atom stereocenters. The first kappa shape index (κ1) is 34.8. The molecule has 0 aliphatic rings. The molecule has 0 fully saturated rings. The average molecular weight is 605 g/mol. The van der Waals surface area contributed by atoms with Crippen LogP contribution in [0, 0.1) is 0 Å². The van der Waals surface area contributed by atoms with Crippen LogP contribution in [0.1, 0.15) is 112 Å². The smallest absolute Gasteiger partial charge is 0.337 e. The largest absolute Gasteiger partial charge is 0.494 e. The lowest BCUT2D eigenvalue weighted by atomic mass is 10.1. The van der Waals surface area contributed by atoms with Crippen molar-refractivity contribution in [1.82, 2.24) is 0 Å². The summed E-state index contributed by atoms with van der Waals surface area (Å²) in [6.45, 7) is 6.63. The summed E-state index contributed by atoms with van der Waals surface area (Å²) in [5.41, 5.74) is 2.40. The van der Waals surface area contributed by atoms with Gasteiger partial charge in [0, 0.05) is 0 Å². The van der Waals surface area contributed by atoms with Gasteiger partial charge in [-0.1, -0.05) is 102 Å². The maximum absolute atomic E-state index is 12.2. The second kappa shape index (κ2) is 21.1. The van der Waals surface area contributed by atoms with Crippen LogP contribution in [0.4, 0.5) is 0 Å². The monoisotopic (exact) mass is 604 g/mol. The first-order valence-electron chi connectivity index (χ1n) is 16.5. The van der Waals surface area contributed by atoms with Crippen LogP contribution in [-0.4, -0.2) is 26.3 Å². The van der Waals surface area contributed by atoms with Crippen molar-refractivity contribution in [3.63, 3.8) is 0 Å². The third-order valence-corrected chi connectivity index (χ3v) is 7.53. The number of ether oxygens (including phenoxy) is 5. The summed E-state index contributed by atoms with van der Waals surface area (Å²) in [5.74, 6) is 2.34. The summed E-state index contributed by atoms with van der Waals surface area (Å²) < 4.78 is 29.0. The predicted molar refractivity (Wildman–Crippen MR) is 177 cm³/mol. The molecule has 3 aromatic carbocycles. The summed E-state index contributed by atoms with van der Waals surface area (Å²) in [7, 11) is 1.37. The fourth-order valence-electron chi connectivity index (χ4n) is 4.82. The second-order valence-electron chi connectivity index (χ2n) is 11.3. The molecule has 0 aromatic heterocycles. The molecule has 0 unspecified atom stereocenters. The molecule has 3 aromatic rings. The van der Waals surface area contributed by atoms with Crippen LogP contribution < -0.4 is 18.9 Å². The van der Waals surface area contributed by atoms with Gasteiger partial charge in [0.15, 0.2) is 11.5 Å². The zero-order chi connectivity index (χ0) is 31.2. The van der Waals surface area contributed by atoms with Gasteiger partial charge in [-0.25, -0.2) is 4.79 Å². The predicted octanol–water partition coefficient (Wildman–Crippen LogP) is 10.1. The molecule has 0 aliphatic carbocycles. The Morgan fingerprint density at radius 3 is 1.45 bits per heavy atom.